The number of carbonyl (C=O) groups is 1. The van der Waals surface area contributed by atoms with E-state index in [-0.39, 0.29) is 17.9 Å². The van der Waals surface area contributed by atoms with Gasteiger partial charge in [-0.05, 0) is 26.0 Å². The molecule has 0 fully saturated rings. The minimum Gasteiger partial charge on any atom is -0.494 e. The lowest BCUT2D eigenvalue weighted by atomic mass is 10.0. The Kier molecular flexibility index (Phi) is 3.65. The van der Waals surface area contributed by atoms with E-state index >= 15 is 0 Å². The third kappa shape index (κ3) is 2.89. The SMILES string of the molecule is CCOc1cc(C(C)=O)c(N)c(C(F)(F)F)c1. The summed E-state index contributed by atoms with van der Waals surface area (Å²) in [5, 5.41) is 0. The molecule has 0 aromatic heterocycles. The molecule has 0 bridgehead atoms. The molecule has 94 valence electrons. The molecule has 0 amide bonds. The Morgan fingerprint density at radius 2 is 2.00 bits per heavy atom. The number of rotatable bonds is 3. The van der Waals surface area contributed by atoms with Crippen LogP contribution in [0.3, 0.4) is 0 Å². The Labute approximate surface area is 96.4 Å². The standard InChI is InChI=1S/C11H12F3NO2/c1-3-17-7-4-8(6(2)16)10(15)9(5-7)11(12,13)14/h4-5H,3,15H2,1-2H3. The van der Waals surface area contributed by atoms with E-state index < -0.39 is 23.2 Å². The Bertz CT molecular complexity index is 441. The molecule has 0 aliphatic carbocycles. The molecule has 6 heteroatoms. The van der Waals surface area contributed by atoms with Crippen LogP contribution in [0.4, 0.5) is 18.9 Å². The van der Waals surface area contributed by atoms with E-state index in [2.05, 4.69) is 0 Å². The molecule has 0 saturated carbocycles. The molecule has 3 nitrogen and oxygen atoms in total. The number of hydrogen-bond donors (Lipinski definition) is 1. The van der Waals surface area contributed by atoms with Crippen molar-refractivity contribution in [2.45, 2.75) is 20.0 Å². The molecule has 0 spiro atoms. The average molecular weight is 247 g/mol. The maximum Gasteiger partial charge on any atom is 0.418 e. The van der Waals surface area contributed by atoms with E-state index in [0.717, 1.165) is 13.0 Å². The van der Waals surface area contributed by atoms with Gasteiger partial charge < -0.3 is 10.5 Å². The smallest absolute Gasteiger partial charge is 0.418 e. The van der Waals surface area contributed by atoms with Gasteiger partial charge in [-0.3, -0.25) is 4.79 Å². The van der Waals surface area contributed by atoms with Gasteiger partial charge in [0.2, 0.25) is 0 Å². The molecule has 1 aromatic rings. The van der Waals surface area contributed by atoms with Gasteiger partial charge in [-0.15, -0.1) is 0 Å². The number of nitrogen functional groups attached to an aromatic ring is 1. The largest absolute Gasteiger partial charge is 0.494 e. The number of Topliss-reactive ketones (excluding diaryl/α,β-unsaturated/α-hetero) is 1. The van der Waals surface area contributed by atoms with Gasteiger partial charge in [0.05, 0.1) is 17.9 Å². The van der Waals surface area contributed by atoms with Crippen LogP contribution in [0.25, 0.3) is 0 Å². The van der Waals surface area contributed by atoms with Crippen molar-refractivity contribution in [3.8, 4) is 5.75 Å². The molecule has 0 atom stereocenters. The molecule has 0 radical (unpaired) electrons. The minimum absolute atomic E-state index is 0.0146. The molecule has 0 aliphatic rings. The summed E-state index contributed by atoms with van der Waals surface area (Å²) in [6.07, 6.45) is -4.61. The number of nitrogens with two attached hydrogens (primary N) is 1. The van der Waals surface area contributed by atoms with Gasteiger partial charge in [0.1, 0.15) is 5.75 Å². The summed E-state index contributed by atoms with van der Waals surface area (Å²) < 4.78 is 43.0. The monoisotopic (exact) mass is 247 g/mol. The molecule has 0 heterocycles. The predicted octanol–water partition coefficient (Wildman–Crippen LogP) is 2.89. The van der Waals surface area contributed by atoms with Crippen LogP contribution < -0.4 is 10.5 Å². The van der Waals surface area contributed by atoms with E-state index in [1.165, 1.54) is 6.07 Å². The number of ether oxygens (including phenoxy) is 1. The third-order valence-electron chi connectivity index (χ3n) is 2.15. The molecule has 1 aromatic carbocycles. The van der Waals surface area contributed by atoms with Crippen molar-refractivity contribution in [1.82, 2.24) is 0 Å². The first-order chi connectivity index (χ1) is 7.77. The first-order valence-electron chi connectivity index (χ1n) is 4.91. The highest BCUT2D eigenvalue weighted by atomic mass is 19.4. The van der Waals surface area contributed by atoms with Gasteiger partial charge in [0.15, 0.2) is 5.78 Å². The van der Waals surface area contributed by atoms with Crippen LogP contribution in [-0.2, 0) is 6.18 Å². The lowest BCUT2D eigenvalue weighted by Crippen LogP contribution is -2.13. The van der Waals surface area contributed by atoms with Crippen molar-refractivity contribution in [1.29, 1.82) is 0 Å². The summed E-state index contributed by atoms with van der Waals surface area (Å²) in [5.74, 6) is -0.547. The third-order valence-corrected chi connectivity index (χ3v) is 2.15. The minimum atomic E-state index is -4.61. The number of anilines is 1. The molecule has 0 saturated heterocycles. The first-order valence-corrected chi connectivity index (χ1v) is 4.91. The van der Waals surface area contributed by atoms with Crippen molar-refractivity contribution in [3.05, 3.63) is 23.3 Å². The Morgan fingerprint density at radius 1 is 1.41 bits per heavy atom. The zero-order valence-electron chi connectivity index (χ0n) is 9.39. The van der Waals surface area contributed by atoms with Crippen molar-refractivity contribution in [2.24, 2.45) is 0 Å². The second kappa shape index (κ2) is 4.65. The normalized spacial score (nSPS) is 11.4. The molecule has 17 heavy (non-hydrogen) atoms. The van der Waals surface area contributed by atoms with Crippen molar-refractivity contribution in [2.75, 3.05) is 12.3 Å². The summed E-state index contributed by atoms with van der Waals surface area (Å²) >= 11 is 0. The second-order valence-corrected chi connectivity index (χ2v) is 3.42. The fraction of sp³-hybridized carbons (Fsp3) is 0.364. The molecule has 1 rings (SSSR count). The van der Waals surface area contributed by atoms with Gasteiger partial charge in [0, 0.05) is 5.56 Å². The fourth-order valence-corrected chi connectivity index (χ4v) is 1.40. The van der Waals surface area contributed by atoms with Crippen LogP contribution in [0, 0.1) is 0 Å². The first kappa shape index (κ1) is 13.3. The van der Waals surface area contributed by atoms with E-state index in [9.17, 15) is 18.0 Å². The highest BCUT2D eigenvalue weighted by Crippen LogP contribution is 2.38. The number of benzene rings is 1. The average Bonchev–Trinajstić information content (AvgIpc) is 2.18. The van der Waals surface area contributed by atoms with Gasteiger partial charge in [0.25, 0.3) is 0 Å². The lowest BCUT2D eigenvalue weighted by Gasteiger charge is -2.15. The van der Waals surface area contributed by atoms with Gasteiger partial charge >= 0.3 is 6.18 Å². The van der Waals surface area contributed by atoms with Crippen molar-refractivity contribution < 1.29 is 22.7 Å². The number of halogens is 3. The lowest BCUT2D eigenvalue weighted by molar-refractivity contribution is -0.137. The fourth-order valence-electron chi connectivity index (χ4n) is 1.40. The zero-order chi connectivity index (χ0) is 13.2. The molecular weight excluding hydrogens is 235 g/mol. The second-order valence-electron chi connectivity index (χ2n) is 3.42. The number of ketones is 1. The molecular formula is C11H12F3NO2. The maximum absolute atomic E-state index is 12.7. The van der Waals surface area contributed by atoms with Gasteiger partial charge in [-0.2, -0.15) is 13.2 Å². The topological polar surface area (TPSA) is 52.3 Å². The summed E-state index contributed by atoms with van der Waals surface area (Å²) in [6, 6.07) is 2.02. The van der Waals surface area contributed by atoms with Crippen LogP contribution in [0.2, 0.25) is 0 Å². The van der Waals surface area contributed by atoms with Crippen LogP contribution in [0.15, 0.2) is 12.1 Å². The van der Waals surface area contributed by atoms with Gasteiger partial charge in [-0.1, -0.05) is 0 Å². The molecule has 2 N–H and O–H groups in total. The van der Waals surface area contributed by atoms with Crippen LogP contribution in [0.5, 0.6) is 5.75 Å². The maximum atomic E-state index is 12.7. The van der Waals surface area contributed by atoms with Crippen LogP contribution in [0.1, 0.15) is 29.8 Å². The summed E-state index contributed by atoms with van der Waals surface area (Å²) in [5.41, 5.74) is 3.55. The van der Waals surface area contributed by atoms with E-state index in [1.807, 2.05) is 0 Å². The Hall–Kier alpha value is -1.72. The number of hydrogen-bond acceptors (Lipinski definition) is 3. The highest BCUT2D eigenvalue weighted by Gasteiger charge is 2.35. The van der Waals surface area contributed by atoms with E-state index in [4.69, 9.17) is 10.5 Å². The zero-order valence-corrected chi connectivity index (χ0v) is 9.39. The van der Waals surface area contributed by atoms with E-state index in [0.29, 0.717) is 0 Å². The Morgan fingerprint density at radius 3 is 2.41 bits per heavy atom. The van der Waals surface area contributed by atoms with Gasteiger partial charge in [-0.25, -0.2) is 0 Å². The summed E-state index contributed by atoms with van der Waals surface area (Å²) in [4.78, 5) is 11.2. The molecule has 0 aliphatic heterocycles. The van der Waals surface area contributed by atoms with Crippen molar-refractivity contribution >= 4 is 11.5 Å². The van der Waals surface area contributed by atoms with Crippen LogP contribution in [-0.4, -0.2) is 12.4 Å². The highest BCUT2D eigenvalue weighted by molar-refractivity contribution is 6.00. The Balaban J connectivity index is 3.43. The quantitative estimate of drug-likeness (QED) is 0.660. The summed E-state index contributed by atoms with van der Waals surface area (Å²) in [7, 11) is 0. The van der Waals surface area contributed by atoms with Crippen molar-refractivity contribution in [3.63, 3.8) is 0 Å². The van der Waals surface area contributed by atoms with Crippen LogP contribution >= 0.6 is 0 Å². The molecule has 0 unspecified atom stereocenters. The number of carbonyl (C=O) groups excluding carboxylic acids is 1. The predicted molar refractivity (Wildman–Crippen MR) is 57.0 cm³/mol. The number of alkyl halides is 3. The van der Waals surface area contributed by atoms with E-state index in [1.54, 1.807) is 6.92 Å². The summed E-state index contributed by atoms with van der Waals surface area (Å²) in [6.45, 7) is 3.00.